The van der Waals surface area contributed by atoms with E-state index in [-0.39, 0.29) is 26.1 Å². The number of hydrogen-bond donors (Lipinski definition) is 3. The second kappa shape index (κ2) is 14.1. The molecule has 0 saturated carbocycles. The van der Waals surface area contributed by atoms with Gasteiger partial charge in [0.05, 0.1) is 6.61 Å². The van der Waals surface area contributed by atoms with E-state index >= 15 is 0 Å². The lowest BCUT2D eigenvalue weighted by atomic mass is 10.0. The SMILES string of the molecule is CCOC(=O)[C@H](Cc1ccc(F)cc1)NC(=O)[C@H](Cc1ccc(N)cc1)NC(=O)OCc1ccc(Br)cc1. The van der Waals surface area contributed by atoms with Crippen LogP contribution in [0, 0.1) is 5.82 Å². The Morgan fingerprint density at radius 1 is 0.816 bits per heavy atom. The van der Waals surface area contributed by atoms with Crippen molar-refractivity contribution in [1.29, 1.82) is 0 Å². The van der Waals surface area contributed by atoms with Crippen molar-refractivity contribution in [2.45, 2.75) is 38.5 Å². The van der Waals surface area contributed by atoms with E-state index in [9.17, 15) is 18.8 Å². The number of carbonyl (C=O) groups is 3. The summed E-state index contributed by atoms with van der Waals surface area (Å²) in [6.45, 7) is 1.77. The molecule has 38 heavy (non-hydrogen) atoms. The Morgan fingerprint density at radius 3 is 1.97 bits per heavy atom. The summed E-state index contributed by atoms with van der Waals surface area (Å²) in [7, 11) is 0. The standard InChI is InChI=1S/C28H29BrFN3O5/c1-2-37-27(35)25(16-18-5-11-22(30)12-6-18)32-26(34)24(15-19-7-13-23(31)14-8-19)33-28(36)38-17-20-3-9-21(29)10-4-20/h3-14,24-25H,2,15-17,31H2,1H3,(H,32,34)(H,33,36)/t24-,25-/m0/s1. The number of halogens is 2. The van der Waals surface area contributed by atoms with Crippen LogP contribution in [0.5, 0.6) is 0 Å². The van der Waals surface area contributed by atoms with Crippen molar-refractivity contribution in [2.24, 2.45) is 0 Å². The van der Waals surface area contributed by atoms with Crippen LogP contribution in [0.3, 0.4) is 0 Å². The van der Waals surface area contributed by atoms with E-state index in [1.807, 2.05) is 12.1 Å². The lowest BCUT2D eigenvalue weighted by Crippen LogP contribution is -2.53. The molecule has 0 fully saturated rings. The van der Waals surface area contributed by atoms with Crippen molar-refractivity contribution in [1.82, 2.24) is 10.6 Å². The number of rotatable bonds is 11. The summed E-state index contributed by atoms with van der Waals surface area (Å²) in [6, 6.07) is 17.6. The fraction of sp³-hybridized carbons (Fsp3) is 0.250. The maximum atomic E-state index is 13.3. The number of nitrogens with one attached hydrogen (secondary N) is 2. The van der Waals surface area contributed by atoms with Crippen molar-refractivity contribution in [3.63, 3.8) is 0 Å². The third-order valence-corrected chi connectivity index (χ3v) is 6.08. The number of carbonyl (C=O) groups excluding carboxylic acids is 3. The van der Waals surface area contributed by atoms with E-state index in [1.54, 1.807) is 43.3 Å². The highest BCUT2D eigenvalue weighted by molar-refractivity contribution is 9.10. The van der Waals surface area contributed by atoms with Gasteiger partial charge in [0.2, 0.25) is 5.91 Å². The van der Waals surface area contributed by atoms with Crippen molar-refractivity contribution in [3.8, 4) is 0 Å². The number of nitrogens with two attached hydrogens (primary N) is 1. The molecule has 3 aromatic carbocycles. The minimum absolute atomic E-state index is 0.00530. The second-order valence-corrected chi connectivity index (χ2v) is 9.40. The van der Waals surface area contributed by atoms with Gasteiger partial charge in [-0.15, -0.1) is 0 Å². The molecule has 4 N–H and O–H groups in total. The van der Waals surface area contributed by atoms with Crippen LogP contribution in [0.4, 0.5) is 14.9 Å². The lowest BCUT2D eigenvalue weighted by molar-refractivity contribution is -0.147. The Morgan fingerprint density at radius 2 is 1.37 bits per heavy atom. The molecule has 10 heteroatoms. The maximum absolute atomic E-state index is 13.3. The predicted molar refractivity (Wildman–Crippen MR) is 144 cm³/mol. The maximum Gasteiger partial charge on any atom is 0.408 e. The van der Waals surface area contributed by atoms with Crippen LogP contribution in [0.25, 0.3) is 0 Å². The average Bonchev–Trinajstić information content (AvgIpc) is 2.90. The van der Waals surface area contributed by atoms with Crippen molar-refractivity contribution in [3.05, 3.63) is 99.8 Å². The van der Waals surface area contributed by atoms with Crippen LogP contribution in [-0.2, 0) is 38.5 Å². The topological polar surface area (TPSA) is 120 Å². The quantitative estimate of drug-likeness (QED) is 0.228. The molecule has 0 radical (unpaired) electrons. The summed E-state index contributed by atoms with van der Waals surface area (Å²) in [6.07, 6.45) is -0.603. The summed E-state index contributed by atoms with van der Waals surface area (Å²) in [4.78, 5) is 38.6. The molecule has 3 rings (SSSR count). The Bertz CT molecular complexity index is 1220. The van der Waals surface area contributed by atoms with E-state index in [4.69, 9.17) is 15.2 Å². The summed E-state index contributed by atoms with van der Waals surface area (Å²) in [5, 5.41) is 5.27. The first kappa shape index (κ1) is 28.6. The molecule has 0 heterocycles. The largest absolute Gasteiger partial charge is 0.464 e. The van der Waals surface area contributed by atoms with Gasteiger partial charge in [0.15, 0.2) is 0 Å². The van der Waals surface area contributed by atoms with Gasteiger partial charge in [-0.3, -0.25) is 4.79 Å². The van der Waals surface area contributed by atoms with Crippen LogP contribution >= 0.6 is 15.9 Å². The summed E-state index contributed by atoms with van der Waals surface area (Å²) >= 11 is 3.35. The number of benzene rings is 3. The highest BCUT2D eigenvalue weighted by atomic mass is 79.9. The first-order chi connectivity index (χ1) is 18.2. The second-order valence-electron chi connectivity index (χ2n) is 8.49. The van der Waals surface area contributed by atoms with Gasteiger partial charge in [0, 0.05) is 23.0 Å². The molecule has 0 spiro atoms. The zero-order chi connectivity index (χ0) is 27.5. The van der Waals surface area contributed by atoms with Crippen molar-refractivity contribution >= 4 is 39.6 Å². The molecule has 3 aromatic rings. The fourth-order valence-electron chi connectivity index (χ4n) is 3.58. The number of amides is 2. The molecule has 200 valence electrons. The van der Waals surface area contributed by atoms with Gasteiger partial charge in [-0.05, 0) is 60.0 Å². The number of alkyl carbamates (subject to hydrolysis) is 1. The van der Waals surface area contributed by atoms with Gasteiger partial charge in [0.25, 0.3) is 0 Å². The first-order valence-corrected chi connectivity index (χ1v) is 12.8. The summed E-state index contributed by atoms with van der Waals surface area (Å²) in [5.74, 6) is -1.67. The van der Waals surface area contributed by atoms with Crippen LogP contribution in [-0.4, -0.2) is 36.7 Å². The van der Waals surface area contributed by atoms with E-state index in [1.165, 1.54) is 24.3 Å². The third kappa shape index (κ3) is 9.19. The van der Waals surface area contributed by atoms with Gasteiger partial charge < -0.3 is 25.8 Å². The molecule has 2 amide bonds. The number of ether oxygens (including phenoxy) is 2. The van der Waals surface area contributed by atoms with E-state index < -0.39 is 35.9 Å². The minimum atomic E-state index is -1.07. The smallest absolute Gasteiger partial charge is 0.408 e. The highest BCUT2D eigenvalue weighted by Gasteiger charge is 2.28. The first-order valence-electron chi connectivity index (χ1n) is 12.0. The van der Waals surface area contributed by atoms with Gasteiger partial charge in [-0.1, -0.05) is 52.3 Å². The summed E-state index contributed by atoms with van der Waals surface area (Å²) < 4.78 is 24.7. The molecule has 0 aliphatic rings. The zero-order valence-electron chi connectivity index (χ0n) is 20.8. The molecule has 8 nitrogen and oxygen atoms in total. The molecule has 0 aromatic heterocycles. The Kier molecular flexibility index (Phi) is 10.7. The van der Waals surface area contributed by atoms with Crippen molar-refractivity contribution in [2.75, 3.05) is 12.3 Å². The molecule has 0 unspecified atom stereocenters. The van der Waals surface area contributed by atoms with Crippen LogP contribution in [0.2, 0.25) is 0 Å². The Balaban J connectivity index is 1.74. The van der Waals surface area contributed by atoms with Gasteiger partial charge >= 0.3 is 12.1 Å². The monoisotopic (exact) mass is 585 g/mol. The predicted octanol–water partition coefficient (Wildman–Crippen LogP) is 4.30. The third-order valence-electron chi connectivity index (χ3n) is 5.55. The number of hydrogen-bond acceptors (Lipinski definition) is 6. The van der Waals surface area contributed by atoms with Crippen LogP contribution in [0.1, 0.15) is 23.6 Å². The normalized spacial score (nSPS) is 12.2. The number of nitrogen functional groups attached to an aromatic ring is 1. The molecular weight excluding hydrogens is 557 g/mol. The molecule has 0 aliphatic heterocycles. The van der Waals surface area contributed by atoms with E-state index in [2.05, 4.69) is 26.6 Å². The Labute approximate surface area is 228 Å². The van der Waals surface area contributed by atoms with Gasteiger partial charge in [-0.25, -0.2) is 14.0 Å². The number of esters is 1. The molecule has 0 bridgehead atoms. The molecular formula is C28H29BrFN3O5. The van der Waals surface area contributed by atoms with Gasteiger partial charge in [0.1, 0.15) is 24.5 Å². The van der Waals surface area contributed by atoms with Crippen molar-refractivity contribution < 1.29 is 28.2 Å². The number of anilines is 1. The average molecular weight is 586 g/mol. The Hall–Kier alpha value is -3.92. The fourth-order valence-corrected chi connectivity index (χ4v) is 3.84. The summed E-state index contributed by atoms with van der Waals surface area (Å²) in [5.41, 5.74) is 8.45. The molecule has 0 saturated heterocycles. The van der Waals surface area contributed by atoms with E-state index in [0.29, 0.717) is 11.3 Å². The lowest BCUT2D eigenvalue weighted by Gasteiger charge is -2.23. The molecule has 0 aliphatic carbocycles. The van der Waals surface area contributed by atoms with Gasteiger partial charge in [-0.2, -0.15) is 0 Å². The van der Waals surface area contributed by atoms with Crippen LogP contribution < -0.4 is 16.4 Å². The minimum Gasteiger partial charge on any atom is -0.464 e. The van der Waals surface area contributed by atoms with Crippen LogP contribution in [0.15, 0.2) is 77.3 Å². The van der Waals surface area contributed by atoms with E-state index in [0.717, 1.165) is 15.6 Å². The zero-order valence-corrected chi connectivity index (χ0v) is 22.4. The highest BCUT2D eigenvalue weighted by Crippen LogP contribution is 2.13. The molecule has 2 atom stereocenters.